The van der Waals surface area contributed by atoms with Gasteiger partial charge in [0, 0.05) is 45.8 Å². The van der Waals surface area contributed by atoms with Crippen LogP contribution in [0, 0.1) is 6.92 Å². The summed E-state index contributed by atoms with van der Waals surface area (Å²) < 4.78 is 11.2. The molecule has 22 heavy (non-hydrogen) atoms. The van der Waals surface area contributed by atoms with E-state index in [0.29, 0.717) is 19.7 Å². The summed E-state index contributed by atoms with van der Waals surface area (Å²) in [4.78, 5) is 27.8. The normalized spacial score (nSPS) is 19.6. The SMILES string of the molecule is CCOCCN1CCN(C(=O)Cn2nc(C)oc2=O)CC1C. The summed E-state index contributed by atoms with van der Waals surface area (Å²) in [5, 5.41) is 3.89. The summed E-state index contributed by atoms with van der Waals surface area (Å²) in [7, 11) is 0. The van der Waals surface area contributed by atoms with Gasteiger partial charge in [0.2, 0.25) is 11.8 Å². The fraction of sp³-hybridized carbons (Fsp3) is 0.786. The maximum Gasteiger partial charge on any atom is 0.437 e. The predicted molar refractivity (Wildman–Crippen MR) is 79.6 cm³/mol. The van der Waals surface area contributed by atoms with E-state index in [4.69, 9.17) is 9.15 Å². The molecule has 1 amide bonds. The molecule has 1 aromatic heterocycles. The summed E-state index contributed by atoms with van der Waals surface area (Å²) in [6.07, 6.45) is 0. The molecule has 0 spiro atoms. The molecule has 124 valence electrons. The van der Waals surface area contributed by atoms with Crippen LogP contribution in [-0.4, -0.2) is 70.9 Å². The van der Waals surface area contributed by atoms with E-state index >= 15 is 0 Å². The van der Waals surface area contributed by atoms with Crippen LogP contribution in [0.25, 0.3) is 0 Å². The van der Waals surface area contributed by atoms with Crippen molar-refractivity contribution >= 4 is 5.91 Å². The zero-order valence-electron chi connectivity index (χ0n) is 13.4. The first kappa shape index (κ1) is 16.7. The van der Waals surface area contributed by atoms with E-state index in [2.05, 4.69) is 16.9 Å². The highest BCUT2D eigenvalue weighted by Crippen LogP contribution is 2.09. The first-order chi connectivity index (χ1) is 10.5. The van der Waals surface area contributed by atoms with Gasteiger partial charge in [0.15, 0.2) is 0 Å². The van der Waals surface area contributed by atoms with E-state index in [1.165, 1.54) is 0 Å². The first-order valence-corrected chi connectivity index (χ1v) is 7.65. The van der Waals surface area contributed by atoms with Crippen LogP contribution < -0.4 is 5.76 Å². The Labute approximate surface area is 129 Å². The van der Waals surface area contributed by atoms with E-state index in [1.54, 1.807) is 11.8 Å². The van der Waals surface area contributed by atoms with Gasteiger partial charge in [-0.2, -0.15) is 4.68 Å². The zero-order chi connectivity index (χ0) is 16.1. The molecular weight excluding hydrogens is 288 g/mol. The van der Waals surface area contributed by atoms with Crippen molar-refractivity contribution in [2.45, 2.75) is 33.4 Å². The fourth-order valence-corrected chi connectivity index (χ4v) is 2.62. The van der Waals surface area contributed by atoms with Crippen LogP contribution in [0.5, 0.6) is 0 Å². The molecule has 8 nitrogen and oxygen atoms in total. The number of ether oxygens (including phenoxy) is 1. The largest absolute Gasteiger partial charge is 0.437 e. The Morgan fingerprint density at radius 3 is 2.82 bits per heavy atom. The molecule has 1 aromatic rings. The summed E-state index contributed by atoms with van der Waals surface area (Å²) in [6.45, 7) is 10.0. The summed E-state index contributed by atoms with van der Waals surface area (Å²) in [6, 6.07) is 0.272. The molecule has 1 fully saturated rings. The molecule has 1 unspecified atom stereocenters. The van der Waals surface area contributed by atoms with Gasteiger partial charge in [-0.1, -0.05) is 0 Å². The fourth-order valence-electron chi connectivity index (χ4n) is 2.62. The number of nitrogens with zero attached hydrogens (tertiary/aromatic N) is 4. The third kappa shape index (κ3) is 4.17. The number of aromatic nitrogens is 2. The molecule has 0 N–H and O–H groups in total. The molecule has 0 aromatic carbocycles. The second-order valence-corrected chi connectivity index (χ2v) is 5.47. The number of hydrogen-bond donors (Lipinski definition) is 0. The van der Waals surface area contributed by atoms with Crippen LogP contribution in [0.2, 0.25) is 0 Å². The Morgan fingerprint density at radius 1 is 1.45 bits per heavy atom. The number of hydrogen-bond acceptors (Lipinski definition) is 6. The summed E-state index contributed by atoms with van der Waals surface area (Å²) in [5.74, 6) is -0.423. The van der Waals surface area contributed by atoms with Crippen LogP contribution in [0.4, 0.5) is 0 Å². The number of piperazine rings is 1. The quantitative estimate of drug-likeness (QED) is 0.672. The molecule has 8 heteroatoms. The molecule has 1 atom stereocenters. The smallest absolute Gasteiger partial charge is 0.393 e. The van der Waals surface area contributed by atoms with Gasteiger partial charge in [0.25, 0.3) is 0 Å². The minimum atomic E-state index is -0.589. The Kier molecular flexibility index (Phi) is 5.73. The van der Waals surface area contributed by atoms with Crippen molar-refractivity contribution in [3.63, 3.8) is 0 Å². The van der Waals surface area contributed by atoms with Gasteiger partial charge in [0.05, 0.1) is 6.61 Å². The zero-order valence-corrected chi connectivity index (χ0v) is 13.4. The van der Waals surface area contributed by atoms with Crippen molar-refractivity contribution in [2.24, 2.45) is 0 Å². The first-order valence-electron chi connectivity index (χ1n) is 7.65. The maximum atomic E-state index is 12.3. The van der Waals surface area contributed by atoms with Gasteiger partial charge >= 0.3 is 5.76 Å². The standard InChI is InChI=1S/C14H24N4O4/c1-4-21-8-7-16-5-6-17(9-11(16)2)13(19)10-18-14(20)22-12(3)15-18/h11H,4-10H2,1-3H3. The lowest BCUT2D eigenvalue weighted by atomic mass is 10.2. The van der Waals surface area contributed by atoms with E-state index in [1.807, 2.05) is 6.92 Å². The highest BCUT2D eigenvalue weighted by Gasteiger charge is 2.27. The molecule has 0 bridgehead atoms. The van der Waals surface area contributed by atoms with E-state index < -0.39 is 5.76 Å². The van der Waals surface area contributed by atoms with Gasteiger partial charge in [-0.15, -0.1) is 5.10 Å². The topological polar surface area (TPSA) is 80.8 Å². The lowest BCUT2D eigenvalue weighted by Crippen LogP contribution is -2.55. The van der Waals surface area contributed by atoms with Crippen molar-refractivity contribution in [1.29, 1.82) is 0 Å². The van der Waals surface area contributed by atoms with Crippen LogP contribution in [-0.2, 0) is 16.1 Å². The molecule has 1 aliphatic rings. The third-order valence-corrected chi connectivity index (χ3v) is 3.84. The second kappa shape index (κ2) is 7.55. The van der Waals surface area contributed by atoms with Gasteiger partial charge in [-0.05, 0) is 13.8 Å². The number of carbonyl (C=O) groups is 1. The Morgan fingerprint density at radius 2 is 2.23 bits per heavy atom. The van der Waals surface area contributed by atoms with Gasteiger partial charge in [0.1, 0.15) is 6.54 Å². The van der Waals surface area contributed by atoms with Gasteiger partial charge in [-0.25, -0.2) is 4.79 Å². The highest BCUT2D eigenvalue weighted by atomic mass is 16.5. The number of carbonyl (C=O) groups excluding carboxylic acids is 1. The molecule has 1 saturated heterocycles. The third-order valence-electron chi connectivity index (χ3n) is 3.84. The van der Waals surface area contributed by atoms with E-state index in [9.17, 15) is 9.59 Å². The number of amides is 1. The Bertz CT molecular complexity index is 553. The average molecular weight is 312 g/mol. The van der Waals surface area contributed by atoms with Crippen molar-refractivity contribution in [3.05, 3.63) is 16.4 Å². The van der Waals surface area contributed by atoms with Crippen LogP contribution in [0.1, 0.15) is 19.7 Å². The van der Waals surface area contributed by atoms with Crippen LogP contribution in [0.3, 0.4) is 0 Å². The predicted octanol–water partition coefficient (Wildman–Crippen LogP) is -0.286. The van der Waals surface area contributed by atoms with Crippen molar-refractivity contribution in [2.75, 3.05) is 39.4 Å². The molecular formula is C14H24N4O4. The number of aryl methyl sites for hydroxylation is 1. The Hall–Kier alpha value is -1.67. The highest BCUT2D eigenvalue weighted by molar-refractivity contribution is 5.76. The lowest BCUT2D eigenvalue weighted by Gasteiger charge is -2.39. The monoisotopic (exact) mass is 312 g/mol. The average Bonchev–Trinajstić information content (AvgIpc) is 2.78. The molecule has 2 heterocycles. The molecule has 0 radical (unpaired) electrons. The number of rotatable bonds is 6. The summed E-state index contributed by atoms with van der Waals surface area (Å²) in [5.41, 5.74) is 0. The van der Waals surface area contributed by atoms with Gasteiger partial charge < -0.3 is 14.1 Å². The lowest BCUT2D eigenvalue weighted by molar-refractivity contribution is -0.135. The van der Waals surface area contributed by atoms with Gasteiger partial charge in [-0.3, -0.25) is 9.69 Å². The maximum absolute atomic E-state index is 12.3. The molecule has 2 rings (SSSR count). The second-order valence-electron chi connectivity index (χ2n) is 5.47. The van der Waals surface area contributed by atoms with E-state index in [-0.39, 0.29) is 24.4 Å². The minimum Gasteiger partial charge on any atom is -0.393 e. The molecule has 1 aliphatic heterocycles. The van der Waals surface area contributed by atoms with Crippen molar-refractivity contribution in [1.82, 2.24) is 19.6 Å². The van der Waals surface area contributed by atoms with Crippen LogP contribution >= 0.6 is 0 Å². The van der Waals surface area contributed by atoms with Crippen molar-refractivity contribution in [3.8, 4) is 0 Å². The van der Waals surface area contributed by atoms with Crippen molar-refractivity contribution < 1.29 is 13.9 Å². The minimum absolute atomic E-state index is 0.0676. The summed E-state index contributed by atoms with van der Waals surface area (Å²) >= 11 is 0. The molecule has 0 saturated carbocycles. The van der Waals surface area contributed by atoms with E-state index in [0.717, 1.165) is 24.4 Å². The Balaban J connectivity index is 1.85. The van der Waals surface area contributed by atoms with Crippen LogP contribution in [0.15, 0.2) is 9.21 Å². The molecule has 0 aliphatic carbocycles.